The molecular weight excluding hydrogens is 348 g/mol. The Morgan fingerprint density at radius 1 is 1.50 bits per heavy atom. The number of nitrogens with zero attached hydrogens (tertiary/aromatic N) is 2. The zero-order valence-electron chi connectivity index (χ0n) is 10.3. The van der Waals surface area contributed by atoms with E-state index >= 15 is 0 Å². The number of rotatable bonds is 2. The quantitative estimate of drug-likeness (QED) is 0.897. The van der Waals surface area contributed by atoms with Gasteiger partial charge in [0.1, 0.15) is 0 Å². The summed E-state index contributed by atoms with van der Waals surface area (Å²) in [6, 6.07) is 5.40. The fourth-order valence-electron chi connectivity index (χ4n) is 2.26. The number of aromatic nitrogens is 2. The molecule has 0 fully saturated rings. The Morgan fingerprint density at radius 3 is 3.05 bits per heavy atom. The second-order valence-corrected chi connectivity index (χ2v) is 5.57. The summed E-state index contributed by atoms with van der Waals surface area (Å²) in [6.07, 6.45) is 0.620. The summed E-state index contributed by atoms with van der Waals surface area (Å²) >= 11 is 9.51. The van der Waals surface area contributed by atoms with Gasteiger partial charge in [-0.3, -0.25) is 0 Å². The first kappa shape index (κ1) is 13.6. The van der Waals surface area contributed by atoms with Crippen LogP contribution in [0.4, 0.5) is 0 Å². The Labute approximate surface area is 128 Å². The highest BCUT2D eigenvalue weighted by Crippen LogP contribution is 2.32. The molecular formula is C13H10BrClN2O3. The summed E-state index contributed by atoms with van der Waals surface area (Å²) in [4.78, 5) is 11.3. The van der Waals surface area contributed by atoms with Crippen LogP contribution in [0.1, 0.15) is 21.7 Å². The van der Waals surface area contributed by atoms with Gasteiger partial charge in [0, 0.05) is 12.0 Å². The third-order valence-electron chi connectivity index (χ3n) is 3.18. The van der Waals surface area contributed by atoms with E-state index in [2.05, 4.69) is 21.0 Å². The lowest BCUT2D eigenvalue weighted by Crippen LogP contribution is -2.14. The number of fused-ring (bicyclic) bond motifs is 1. The zero-order chi connectivity index (χ0) is 14.3. The SMILES string of the molecule is O=C(O)c1nn(-c2cccc(Cl)c2Br)c2c1COCC2. The van der Waals surface area contributed by atoms with Gasteiger partial charge in [0.05, 0.1) is 34.1 Å². The van der Waals surface area contributed by atoms with Crippen molar-refractivity contribution in [3.63, 3.8) is 0 Å². The third kappa shape index (κ3) is 2.13. The lowest BCUT2D eigenvalue weighted by atomic mass is 10.1. The molecule has 0 spiro atoms. The number of hydrogen-bond donors (Lipinski definition) is 1. The van der Waals surface area contributed by atoms with Crippen molar-refractivity contribution in [1.82, 2.24) is 9.78 Å². The van der Waals surface area contributed by atoms with E-state index in [1.165, 1.54) is 0 Å². The maximum absolute atomic E-state index is 11.3. The smallest absolute Gasteiger partial charge is 0.356 e. The predicted molar refractivity (Wildman–Crippen MR) is 76.6 cm³/mol. The van der Waals surface area contributed by atoms with Crippen molar-refractivity contribution in [2.24, 2.45) is 0 Å². The van der Waals surface area contributed by atoms with Gasteiger partial charge in [-0.1, -0.05) is 17.7 Å². The van der Waals surface area contributed by atoms with Gasteiger partial charge in [-0.2, -0.15) is 5.10 Å². The van der Waals surface area contributed by atoms with Crippen LogP contribution in [0.15, 0.2) is 22.7 Å². The summed E-state index contributed by atoms with van der Waals surface area (Å²) in [5, 5.41) is 14.0. The molecule has 3 rings (SSSR count). The van der Waals surface area contributed by atoms with Crippen LogP contribution >= 0.6 is 27.5 Å². The Hall–Kier alpha value is -1.37. The van der Waals surface area contributed by atoms with Crippen LogP contribution in [0.5, 0.6) is 0 Å². The van der Waals surface area contributed by atoms with Crippen LogP contribution in [-0.4, -0.2) is 27.5 Å². The Kier molecular flexibility index (Phi) is 3.54. The van der Waals surface area contributed by atoms with Crippen molar-refractivity contribution in [3.8, 4) is 5.69 Å². The third-order valence-corrected chi connectivity index (χ3v) is 4.56. The van der Waals surface area contributed by atoms with Crippen molar-refractivity contribution >= 4 is 33.5 Å². The molecule has 0 amide bonds. The molecule has 0 saturated carbocycles. The average Bonchev–Trinajstić information content (AvgIpc) is 2.82. The number of halogens is 2. The van der Waals surface area contributed by atoms with Gasteiger partial charge in [0.2, 0.25) is 0 Å². The van der Waals surface area contributed by atoms with Crippen LogP contribution in [0.25, 0.3) is 5.69 Å². The molecule has 2 heterocycles. The largest absolute Gasteiger partial charge is 0.476 e. The van der Waals surface area contributed by atoms with Crippen LogP contribution in [0, 0.1) is 0 Å². The molecule has 5 nitrogen and oxygen atoms in total. The maximum Gasteiger partial charge on any atom is 0.356 e. The first-order chi connectivity index (χ1) is 9.59. The van der Waals surface area contributed by atoms with Crippen molar-refractivity contribution in [2.45, 2.75) is 13.0 Å². The molecule has 1 aliphatic rings. The van der Waals surface area contributed by atoms with E-state index < -0.39 is 5.97 Å². The van der Waals surface area contributed by atoms with Crippen LogP contribution in [0.3, 0.4) is 0 Å². The van der Waals surface area contributed by atoms with Gasteiger partial charge < -0.3 is 9.84 Å². The van der Waals surface area contributed by atoms with E-state index in [-0.39, 0.29) is 12.3 Å². The van der Waals surface area contributed by atoms with E-state index in [1.807, 2.05) is 6.07 Å². The van der Waals surface area contributed by atoms with E-state index in [1.54, 1.807) is 16.8 Å². The predicted octanol–water partition coefficient (Wildman–Crippen LogP) is 3.06. The Morgan fingerprint density at radius 2 is 2.30 bits per heavy atom. The minimum atomic E-state index is -1.05. The molecule has 0 atom stereocenters. The number of ether oxygens (including phenoxy) is 1. The number of hydrogen-bond acceptors (Lipinski definition) is 3. The topological polar surface area (TPSA) is 64.3 Å². The number of aromatic carboxylic acids is 1. The number of benzene rings is 1. The summed E-state index contributed by atoms with van der Waals surface area (Å²) in [5.41, 5.74) is 2.25. The van der Waals surface area contributed by atoms with Gasteiger partial charge in [0.15, 0.2) is 5.69 Å². The summed E-state index contributed by atoms with van der Waals surface area (Å²) < 4.78 is 7.66. The molecule has 20 heavy (non-hydrogen) atoms. The van der Waals surface area contributed by atoms with Crippen molar-refractivity contribution in [2.75, 3.05) is 6.61 Å². The molecule has 1 aliphatic heterocycles. The normalized spacial score (nSPS) is 14.1. The minimum Gasteiger partial charge on any atom is -0.476 e. The summed E-state index contributed by atoms with van der Waals surface area (Å²) in [6.45, 7) is 0.824. The van der Waals surface area contributed by atoms with Crippen molar-refractivity contribution in [1.29, 1.82) is 0 Å². The van der Waals surface area contributed by atoms with Crippen LogP contribution < -0.4 is 0 Å². The molecule has 7 heteroatoms. The monoisotopic (exact) mass is 356 g/mol. The fourth-order valence-corrected chi connectivity index (χ4v) is 2.87. The van der Waals surface area contributed by atoms with E-state index in [9.17, 15) is 9.90 Å². The molecule has 0 saturated heterocycles. The first-order valence-electron chi connectivity index (χ1n) is 5.95. The molecule has 0 aliphatic carbocycles. The van der Waals surface area contributed by atoms with Gasteiger partial charge in [-0.05, 0) is 28.1 Å². The Bertz CT molecular complexity index is 699. The van der Waals surface area contributed by atoms with Gasteiger partial charge in [-0.25, -0.2) is 9.48 Å². The first-order valence-corrected chi connectivity index (χ1v) is 7.13. The fraction of sp³-hybridized carbons (Fsp3) is 0.231. The number of carboxylic acids is 1. The molecule has 0 unspecified atom stereocenters. The number of carboxylic acid groups (broad SMARTS) is 1. The number of carbonyl (C=O) groups is 1. The van der Waals surface area contributed by atoms with E-state index in [0.717, 1.165) is 11.4 Å². The molecule has 104 valence electrons. The Balaban J connectivity index is 2.24. The lowest BCUT2D eigenvalue weighted by Gasteiger charge is -2.15. The van der Waals surface area contributed by atoms with Crippen molar-refractivity contribution < 1.29 is 14.6 Å². The second kappa shape index (κ2) is 5.20. The average molecular weight is 358 g/mol. The van der Waals surface area contributed by atoms with Gasteiger partial charge in [-0.15, -0.1) is 0 Å². The molecule has 1 aromatic heterocycles. The molecule has 1 N–H and O–H groups in total. The van der Waals surface area contributed by atoms with E-state index in [4.69, 9.17) is 16.3 Å². The van der Waals surface area contributed by atoms with Gasteiger partial charge in [0.25, 0.3) is 0 Å². The van der Waals surface area contributed by atoms with Crippen LogP contribution in [-0.2, 0) is 17.8 Å². The molecule has 0 radical (unpaired) electrons. The minimum absolute atomic E-state index is 0.0339. The van der Waals surface area contributed by atoms with Crippen LogP contribution in [0.2, 0.25) is 5.02 Å². The van der Waals surface area contributed by atoms with E-state index in [0.29, 0.717) is 28.1 Å². The zero-order valence-corrected chi connectivity index (χ0v) is 12.6. The highest BCUT2D eigenvalue weighted by molar-refractivity contribution is 9.10. The van der Waals surface area contributed by atoms with Gasteiger partial charge >= 0.3 is 5.97 Å². The molecule has 1 aromatic carbocycles. The van der Waals surface area contributed by atoms with Crippen molar-refractivity contribution in [3.05, 3.63) is 44.6 Å². The molecule has 0 bridgehead atoms. The standard InChI is InChI=1S/C13H10BrClN2O3/c14-11-8(15)2-1-3-10(11)17-9-4-5-20-6-7(9)12(16-17)13(18)19/h1-3H,4-6H2,(H,18,19). The lowest BCUT2D eigenvalue weighted by molar-refractivity contribution is 0.0677. The highest BCUT2D eigenvalue weighted by Gasteiger charge is 2.26. The maximum atomic E-state index is 11.3. The highest BCUT2D eigenvalue weighted by atomic mass is 79.9. The molecule has 2 aromatic rings. The second-order valence-electron chi connectivity index (χ2n) is 4.37. The summed E-state index contributed by atoms with van der Waals surface area (Å²) in [7, 11) is 0. The summed E-state index contributed by atoms with van der Waals surface area (Å²) in [5.74, 6) is -1.05.